The van der Waals surface area contributed by atoms with E-state index >= 15 is 0 Å². The standard InChI is InChI=1S/C16H10F2N4/c17-10-5-7-11(8-6-10)22-16(20)13(9-19)15(21-22)12-3-1-2-4-14(12)18/h1-8H,20H2. The van der Waals surface area contributed by atoms with Gasteiger partial charge in [0, 0.05) is 5.56 Å². The normalized spacial score (nSPS) is 10.4. The third kappa shape index (κ3) is 2.19. The molecule has 0 aliphatic heterocycles. The maximum absolute atomic E-state index is 13.9. The highest BCUT2D eigenvalue weighted by molar-refractivity contribution is 5.74. The minimum atomic E-state index is -0.497. The van der Waals surface area contributed by atoms with Crippen LogP contribution < -0.4 is 5.73 Å². The number of anilines is 1. The van der Waals surface area contributed by atoms with E-state index in [1.807, 2.05) is 6.07 Å². The van der Waals surface area contributed by atoms with Gasteiger partial charge in [-0.05, 0) is 36.4 Å². The summed E-state index contributed by atoms with van der Waals surface area (Å²) < 4.78 is 28.2. The Labute approximate surface area is 125 Å². The number of hydrogen-bond donors (Lipinski definition) is 1. The van der Waals surface area contributed by atoms with Gasteiger partial charge in [0.25, 0.3) is 0 Å². The molecule has 1 aromatic heterocycles. The lowest BCUT2D eigenvalue weighted by molar-refractivity contribution is 0.627. The summed E-state index contributed by atoms with van der Waals surface area (Å²) in [5.41, 5.74) is 6.84. The zero-order chi connectivity index (χ0) is 15.7. The van der Waals surface area contributed by atoms with Crippen molar-refractivity contribution < 1.29 is 8.78 Å². The van der Waals surface area contributed by atoms with Crippen LogP contribution in [0.15, 0.2) is 48.5 Å². The Balaban J connectivity index is 2.22. The van der Waals surface area contributed by atoms with Crippen molar-refractivity contribution in [2.75, 3.05) is 5.73 Å². The van der Waals surface area contributed by atoms with Gasteiger partial charge in [0.05, 0.1) is 5.69 Å². The van der Waals surface area contributed by atoms with Crippen molar-refractivity contribution in [2.45, 2.75) is 0 Å². The van der Waals surface area contributed by atoms with Crippen molar-refractivity contribution in [3.8, 4) is 23.0 Å². The van der Waals surface area contributed by atoms with Gasteiger partial charge in [0.1, 0.15) is 34.8 Å². The molecular weight excluding hydrogens is 286 g/mol. The largest absolute Gasteiger partial charge is 0.382 e. The van der Waals surface area contributed by atoms with Crippen LogP contribution in [-0.4, -0.2) is 9.78 Å². The van der Waals surface area contributed by atoms with Crippen LogP contribution in [0.3, 0.4) is 0 Å². The van der Waals surface area contributed by atoms with Crippen molar-refractivity contribution in [3.63, 3.8) is 0 Å². The first-order valence-electron chi connectivity index (χ1n) is 6.41. The average Bonchev–Trinajstić information content (AvgIpc) is 2.85. The molecule has 0 radical (unpaired) electrons. The van der Waals surface area contributed by atoms with Gasteiger partial charge in [-0.15, -0.1) is 0 Å². The smallest absolute Gasteiger partial charge is 0.145 e. The maximum atomic E-state index is 13.9. The molecule has 0 atom stereocenters. The van der Waals surface area contributed by atoms with Crippen molar-refractivity contribution in [1.29, 1.82) is 5.26 Å². The number of hydrogen-bond acceptors (Lipinski definition) is 3. The minimum absolute atomic E-state index is 0.0763. The maximum Gasteiger partial charge on any atom is 0.145 e. The van der Waals surface area contributed by atoms with Crippen LogP contribution in [0, 0.1) is 23.0 Å². The summed E-state index contributed by atoms with van der Waals surface area (Å²) in [7, 11) is 0. The van der Waals surface area contributed by atoms with E-state index in [0.29, 0.717) is 5.69 Å². The summed E-state index contributed by atoms with van der Waals surface area (Å²) in [4.78, 5) is 0. The van der Waals surface area contributed by atoms with E-state index < -0.39 is 11.6 Å². The third-order valence-electron chi connectivity index (χ3n) is 3.23. The molecule has 0 spiro atoms. The number of nitrogen functional groups attached to an aromatic ring is 1. The van der Waals surface area contributed by atoms with E-state index in [-0.39, 0.29) is 22.6 Å². The Kier molecular flexibility index (Phi) is 3.31. The Morgan fingerprint density at radius 3 is 2.36 bits per heavy atom. The molecule has 3 aromatic rings. The first kappa shape index (κ1) is 13.8. The first-order valence-corrected chi connectivity index (χ1v) is 6.41. The molecule has 4 nitrogen and oxygen atoms in total. The fraction of sp³-hybridized carbons (Fsp3) is 0. The molecule has 108 valence electrons. The molecule has 3 rings (SSSR count). The van der Waals surface area contributed by atoms with Crippen LogP contribution in [0.1, 0.15) is 5.56 Å². The molecule has 0 amide bonds. The summed E-state index contributed by atoms with van der Waals surface area (Å²) >= 11 is 0. The van der Waals surface area contributed by atoms with Gasteiger partial charge < -0.3 is 5.73 Å². The molecule has 1 heterocycles. The van der Waals surface area contributed by atoms with Crippen LogP contribution in [-0.2, 0) is 0 Å². The van der Waals surface area contributed by atoms with Crippen LogP contribution in [0.5, 0.6) is 0 Å². The molecule has 22 heavy (non-hydrogen) atoms. The van der Waals surface area contributed by atoms with Gasteiger partial charge in [0.15, 0.2) is 0 Å². The molecule has 0 saturated heterocycles. The van der Waals surface area contributed by atoms with Gasteiger partial charge >= 0.3 is 0 Å². The van der Waals surface area contributed by atoms with E-state index in [1.165, 1.54) is 41.1 Å². The zero-order valence-electron chi connectivity index (χ0n) is 11.3. The molecule has 2 N–H and O–H groups in total. The topological polar surface area (TPSA) is 67.6 Å². The van der Waals surface area contributed by atoms with Crippen LogP contribution in [0.2, 0.25) is 0 Å². The Morgan fingerprint density at radius 2 is 1.73 bits per heavy atom. The predicted octanol–water partition coefficient (Wildman–Crippen LogP) is 3.27. The fourth-order valence-electron chi connectivity index (χ4n) is 2.16. The Bertz CT molecular complexity index is 876. The SMILES string of the molecule is N#Cc1c(-c2ccccc2F)nn(-c2ccc(F)cc2)c1N. The third-order valence-corrected chi connectivity index (χ3v) is 3.23. The van der Waals surface area contributed by atoms with Gasteiger partial charge in [-0.3, -0.25) is 0 Å². The number of benzene rings is 2. The average molecular weight is 296 g/mol. The highest BCUT2D eigenvalue weighted by Crippen LogP contribution is 2.30. The molecule has 0 saturated carbocycles. The lowest BCUT2D eigenvalue weighted by atomic mass is 10.1. The second kappa shape index (κ2) is 5.30. The zero-order valence-corrected chi connectivity index (χ0v) is 11.3. The van der Waals surface area contributed by atoms with E-state index in [0.717, 1.165) is 0 Å². The monoisotopic (exact) mass is 296 g/mol. The highest BCUT2D eigenvalue weighted by Gasteiger charge is 2.20. The lowest BCUT2D eigenvalue weighted by Crippen LogP contribution is -2.02. The van der Waals surface area contributed by atoms with Crippen LogP contribution in [0.4, 0.5) is 14.6 Å². The molecular formula is C16H10F2N4. The molecule has 6 heteroatoms. The van der Waals surface area contributed by atoms with E-state index in [9.17, 15) is 14.0 Å². The van der Waals surface area contributed by atoms with Gasteiger partial charge in [-0.2, -0.15) is 10.4 Å². The van der Waals surface area contributed by atoms with Crippen molar-refractivity contribution in [2.24, 2.45) is 0 Å². The lowest BCUT2D eigenvalue weighted by Gasteiger charge is -2.03. The fourth-order valence-corrected chi connectivity index (χ4v) is 2.16. The Morgan fingerprint density at radius 1 is 1.05 bits per heavy atom. The second-order valence-electron chi connectivity index (χ2n) is 4.59. The molecule has 0 bridgehead atoms. The summed E-state index contributed by atoms with van der Waals surface area (Å²) in [6, 6.07) is 13.4. The second-order valence-corrected chi connectivity index (χ2v) is 4.59. The number of aromatic nitrogens is 2. The minimum Gasteiger partial charge on any atom is -0.382 e. The molecule has 0 aliphatic rings. The van der Waals surface area contributed by atoms with Gasteiger partial charge in [-0.1, -0.05) is 12.1 Å². The number of nitrogens with zero attached hydrogens (tertiary/aromatic N) is 3. The summed E-state index contributed by atoms with van der Waals surface area (Å²) in [6.45, 7) is 0. The van der Waals surface area contributed by atoms with Crippen molar-refractivity contribution in [1.82, 2.24) is 9.78 Å². The summed E-state index contributed by atoms with van der Waals surface area (Å²) in [5.74, 6) is -0.820. The van der Waals surface area contributed by atoms with E-state index in [1.54, 1.807) is 12.1 Å². The number of nitriles is 1. The van der Waals surface area contributed by atoms with Crippen LogP contribution in [0.25, 0.3) is 16.9 Å². The van der Waals surface area contributed by atoms with Crippen molar-refractivity contribution >= 4 is 5.82 Å². The highest BCUT2D eigenvalue weighted by atomic mass is 19.1. The quantitative estimate of drug-likeness (QED) is 0.789. The van der Waals surface area contributed by atoms with Crippen LogP contribution >= 0.6 is 0 Å². The summed E-state index contributed by atoms with van der Waals surface area (Å²) in [5, 5.41) is 13.5. The molecule has 0 unspecified atom stereocenters. The molecule has 0 aliphatic carbocycles. The van der Waals surface area contributed by atoms with E-state index in [4.69, 9.17) is 5.73 Å². The number of nitrogens with two attached hydrogens (primary N) is 1. The number of halogens is 2. The Hall–Kier alpha value is -3.20. The summed E-state index contributed by atoms with van der Waals surface area (Å²) in [6.07, 6.45) is 0. The van der Waals surface area contributed by atoms with E-state index in [2.05, 4.69) is 5.10 Å². The van der Waals surface area contributed by atoms with Gasteiger partial charge in [-0.25, -0.2) is 13.5 Å². The predicted molar refractivity (Wildman–Crippen MR) is 78.0 cm³/mol. The number of rotatable bonds is 2. The van der Waals surface area contributed by atoms with Crippen molar-refractivity contribution in [3.05, 3.63) is 65.7 Å². The first-order chi connectivity index (χ1) is 10.6. The van der Waals surface area contributed by atoms with Gasteiger partial charge in [0.2, 0.25) is 0 Å². The molecule has 2 aromatic carbocycles. The molecule has 0 fully saturated rings.